The van der Waals surface area contributed by atoms with E-state index in [0.29, 0.717) is 17.2 Å². The first-order valence-electron chi connectivity index (χ1n) is 7.49. The van der Waals surface area contributed by atoms with Crippen LogP contribution in [0.4, 0.5) is 5.69 Å². The summed E-state index contributed by atoms with van der Waals surface area (Å²) in [6, 6.07) is 6.79. The summed E-state index contributed by atoms with van der Waals surface area (Å²) in [5.74, 6) is 0.165. The van der Waals surface area contributed by atoms with E-state index in [1.807, 2.05) is 6.92 Å². The molecular formula is C16H23N3O2. The Bertz CT molecular complexity index is 493. The van der Waals surface area contributed by atoms with Gasteiger partial charge in [-0.25, -0.2) is 0 Å². The molecule has 2 rings (SSSR count). The van der Waals surface area contributed by atoms with E-state index < -0.39 is 0 Å². The summed E-state index contributed by atoms with van der Waals surface area (Å²) < 4.78 is 0. The van der Waals surface area contributed by atoms with Crippen molar-refractivity contribution in [3.63, 3.8) is 0 Å². The van der Waals surface area contributed by atoms with Crippen molar-refractivity contribution >= 4 is 17.5 Å². The minimum atomic E-state index is -0.265. The number of carbonyl (C=O) groups is 2. The average Bonchev–Trinajstić information content (AvgIpc) is 3.00. The largest absolute Gasteiger partial charge is 0.399 e. The molecule has 0 unspecified atom stereocenters. The number of anilines is 1. The third kappa shape index (κ3) is 4.48. The van der Waals surface area contributed by atoms with Gasteiger partial charge in [-0.05, 0) is 49.9 Å². The molecule has 0 aromatic heterocycles. The molecule has 1 saturated carbocycles. The predicted octanol–water partition coefficient (Wildman–Crippen LogP) is 1.69. The molecule has 1 aromatic rings. The zero-order chi connectivity index (χ0) is 15.2. The molecule has 2 amide bonds. The van der Waals surface area contributed by atoms with Gasteiger partial charge >= 0.3 is 0 Å². The fraction of sp³-hybridized carbons (Fsp3) is 0.500. The quantitative estimate of drug-likeness (QED) is 0.721. The molecule has 0 saturated heterocycles. The first-order valence-corrected chi connectivity index (χ1v) is 7.49. The van der Waals surface area contributed by atoms with Gasteiger partial charge < -0.3 is 16.4 Å². The van der Waals surface area contributed by atoms with Crippen LogP contribution in [-0.2, 0) is 4.79 Å². The number of nitrogen functional groups attached to an aromatic ring is 1. The number of benzene rings is 1. The molecular weight excluding hydrogens is 266 g/mol. The van der Waals surface area contributed by atoms with Crippen molar-refractivity contribution in [2.45, 2.75) is 38.6 Å². The number of hydrogen-bond donors (Lipinski definition) is 3. The molecule has 0 heterocycles. The number of nitrogens with one attached hydrogen (secondary N) is 2. The summed E-state index contributed by atoms with van der Waals surface area (Å²) >= 11 is 0. The van der Waals surface area contributed by atoms with Crippen molar-refractivity contribution in [1.29, 1.82) is 0 Å². The third-order valence-corrected chi connectivity index (χ3v) is 4.08. The molecule has 0 spiro atoms. The Balaban J connectivity index is 1.75. The molecule has 21 heavy (non-hydrogen) atoms. The Hall–Kier alpha value is -2.04. The normalized spacial score (nSPS) is 16.4. The maximum absolute atomic E-state index is 11.9. The first kappa shape index (κ1) is 15.4. The highest BCUT2D eigenvalue weighted by Crippen LogP contribution is 2.27. The molecule has 5 nitrogen and oxygen atoms in total. The lowest BCUT2D eigenvalue weighted by Gasteiger charge is -2.20. The molecule has 1 aromatic carbocycles. The zero-order valence-electron chi connectivity index (χ0n) is 12.4. The SMILES string of the molecule is C[C@H](NC(=O)CNC(=O)c1ccc(N)cc1)C1CCCC1. The minimum Gasteiger partial charge on any atom is -0.399 e. The number of rotatable bonds is 5. The second-order valence-corrected chi connectivity index (χ2v) is 5.71. The van der Waals surface area contributed by atoms with Crippen LogP contribution in [0.5, 0.6) is 0 Å². The monoisotopic (exact) mass is 289 g/mol. The van der Waals surface area contributed by atoms with Crippen LogP contribution >= 0.6 is 0 Å². The van der Waals surface area contributed by atoms with E-state index in [0.717, 1.165) is 0 Å². The second-order valence-electron chi connectivity index (χ2n) is 5.71. The first-order chi connectivity index (χ1) is 10.1. The van der Waals surface area contributed by atoms with Crippen molar-refractivity contribution in [3.8, 4) is 0 Å². The average molecular weight is 289 g/mol. The van der Waals surface area contributed by atoms with Gasteiger partial charge in [-0.3, -0.25) is 9.59 Å². The van der Waals surface area contributed by atoms with Crippen LogP contribution in [0.15, 0.2) is 24.3 Å². The van der Waals surface area contributed by atoms with E-state index in [2.05, 4.69) is 10.6 Å². The number of carbonyl (C=O) groups excluding carboxylic acids is 2. The van der Waals surface area contributed by atoms with E-state index >= 15 is 0 Å². The van der Waals surface area contributed by atoms with Crippen molar-refractivity contribution in [2.75, 3.05) is 12.3 Å². The van der Waals surface area contributed by atoms with Gasteiger partial charge in [-0.15, -0.1) is 0 Å². The number of amides is 2. The smallest absolute Gasteiger partial charge is 0.251 e. The van der Waals surface area contributed by atoms with Crippen LogP contribution in [0.3, 0.4) is 0 Å². The summed E-state index contributed by atoms with van der Waals surface area (Å²) in [6.07, 6.45) is 4.86. The van der Waals surface area contributed by atoms with Gasteiger partial charge in [0.05, 0.1) is 6.54 Å². The minimum absolute atomic E-state index is 0.000268. The van der Waals surface area contributed by atoms with Crippen LogP contribution in [0.25, 0.3) is 0 Å². The third-order valence-electron chi connectivity index (χ3n) is 4.08. The summed E-state index contributed by atoms with van der Waals surface area (Å²) in [7, 11) is 0. The van der Waals surface area contributed by atoms with Crippen molar-refractivity contribution < 1.29 is 9.59 Å². The van der Waals surface area contributed by atoms with Crippen molar-refractivity contribution in [2.24, 2.45) is 5.92 Å². The highest BCUT2D eigenvalue weighted by Gasteiger charge is 2.22. The lowest BCUT2D eigenvalue weighted by Crippen LogP contribution is -2.43. The van der Waals surface area contributed by atoms with Crippen LogP contribution in [0.2, 0.25) is 0 Å². The highest BCUT2D eigenvalue weighted by molar-refractivity contribution is 5.96. The van der Waals surface area contributed by atoms with E-state index in [-0.39, 0.29) is 24.4 Å². The van der Waals surface area contributed by atoms with Crippen LogP contribution in [0, 0.1) is 5.92 Å². The molecule has 0 aliphatic heterocycles. The Morgan fingerprint density at radius 1 is 1.24 bits per heavy atom. The summed E-state index contributed by atoms with van der Waals surface area (Å²) in [5.41, 5.74) is 6.67. The van der Waals surface area contributed by atoms with Crippen LogP contribution in [-0.4, -0.2) is 24.4 Å². The van der Waals surface area contributed by atoms with Crippen LogP contribution < -0.4 is 16.4 Å². The molecule has 1 aliphatic carbocycles. The molecule has 1 atom stereocenters. The van der Waals surface area contributed by atoms with Crippen LogP contribution in [0.1, 0.15) is 43.0 Å². The second kappa shape index (κ2) is 7.11. The van der Waals surface area contributed by atoms with E-state index in [9.17, 15) is 9.59 Å². The summed E-state index contributed by atoms with van der Waals surface area (Å²) in [5, 5.41) is 5.59. The lowest BCUT2D eigenvalue weighted by molar-refractivity contribution is -0.121. The molecule has 5 heteroatoms. The lowest BCUT2D eigenvalue weighted by atomic mass is 10.00. The highest BCUT2D eigenvalue weighted by atomic mass is 16.2. The molecule has 4 N–H and O–H groups in total. The zero-order valence-corrected chi connectivity index (χ0v) is 12.4. The maximum Gasteiger partial charge on any atom is 0.251 e. The molecule has 0 radical (unpaired) electrons. The Labute approximate surface area is 125 Å². The van der Waals surface area contributed by atoms with Crippen molar-refractivity contribution in [3.05, 3.63) is 29.8 Å². The van der Waals surface area contributed by atoms with Gasteiger partial charge in [0.15, 0.2) is 0 Å². The summed E-state index contributed by atoms with van der Waals surface area (Å²) in [6.45, 7) is 2.04. The molecule has 114 valence electrons. The fourth-order valence-corrected chi connectivity index (χ4v) is 2.78. The Morgan fingerprint density at radius 3 is 2.48 bits per heavy atom. The van der Waals surface area contributed by atoms with Gasteiger partial charge in [0.1, 0.15) is 0 Å². The van der Waals surface area contributed by atoms with Gasteiger partial charge in [0.2, 0.25) is 5.91 Å². The number of hydrogen-bond acceptors (Lipinski definition) is 3. The van der Waals surface area contributed by atoms with E-state index in [1.54, 1.807) is 24.3 Å². The van der Waals surface area contributed by atoms with Crippen molar-refractivity contribution in [1.82, 2.24) is 10.6 Å². The van der Waals surface area contributed by atoms with Gasteiger partial charge in [0.25, 0.3) is 5.91 Å². The topological polar surface area (TPSA) is 84.2 Å². The fourth-order valence-electron chi connectivity index (χ4n) is 2.78. The maximum atomic E-state index is 11.9. The molecule has 1 fully saturated rings. The summed E-state index contributed by atoms with van der Waals surface area (Å²) in [4.78, 5) is 23.7. The molecule has 1 aliphatic rings. The predicted molar refractivity (Wildman–Crippen MR) is 82.8 cm³/mol. The van der Waals surface area contributed by atoms with E-state index in [4.69, 9.17) is 5.73 Å². The van der Waals surface area contributed by atoms with E-state index in [1.165, 1.54) is 25.7 Å². The Morgan fingerprint density at radius 2 is 1.86 bits per heavy atom. The van der Waals surface area contributed by atoms with Gasteiger partial charge in [0, 0.05) is 17.3 Å². The van der Waals surface area contributed by atoms with Gasteiger partial charge in [-0.1, -0.05) is 12.8 Å². The Kier molecular flexibility index (Phi) is 5.20. The number of nitrogens with two attached hydrogens (primary N) is 1. The van der Waals surface area contributed by atoms with Gasteiger partial charge in [-0.2, -0.15) is 0 Å². The molecule has 0 bridgehead atoms. The standard InChI is InChI=1S/C16H23N3O2/c1-11(12-4-2-3-5-12)19-15(20)10-18-16(21)13-6-8-14(17)9-7-13/h6-9,11-12H,2-5,10,17H2,1H3,(H,18,21)(H,19,20)/t11-/m0/s1.